The molecule has 1 saturated heterocycles. The van der Waals surface area contributed by atoms with Crippen molar-refractivity contribution in [1.82, 2.24) is 10.2 Å². The second-order valence-corrected chi connectivity index (χ2v) is 5.65. The minimum Gasteiger partial charge on any atom is -0.340 e. The van der Waals surface area contributed by atoms with E-state index in [0.717, 1.165) is 32.1 Å². The predicted molar refractivity (Wildman–Crippen MR) is 74.7 cm³/mol. The second-order valence-electron chi connectivity index (χ2n) is 5.40. The highest BCUT2D eigenvalue weighted by molar-refractivity contribution is 6.25. The molecule has 0 bridgehead atoms. The third-order valence-electron chi connectivity index (χ3n) is 4.12. The minimum absolute atomic E-state index is 0.00803. The van der Waals surface area contributed by atoms with Crippen molar-refractivity contribution in [3.63, 3.8) is 0 Å². The maximum Gasteiger partial charge on any atom is 0.249 e. The molecule has 1 aliphatic carbocycles. The molecule has 5 heteroatoms. The predicted octanol–water partition coefficient (Wildman–Crippen LogP) is 2.18. The van der Waals surface area contributed by atoms with Crippen LogP contribution in [0, 0.1) is 0 Å². The third kappa shape index (κ3) is 2.64. The Morgan fingerprint density at radius 2 is 2.11 bits per heavy atom. The number of nitrogens with one attached hydrogen (secondary N) is 1. The summed E-state index contributed by atoms with van der Waals surface area (Å²) < 4.78 is 0. The Bertz CT molecular complexity index is 389. The topological polar surface area (TPSA) is 49.4 Å². The quantitative estimate of drug-likeness (QED) is 0.860. The van der Waals surface area contributed by atoms with E-state index in [1.165, 1.54) is 5.54 Å². The highest BCUT2D eigenvalue weighted by atomic mass is 35.5. The summed E-state index contributed by atoms with van der Waals surface area (Å²) in [5.41, 5.74) is 0.769. The van der Waals surface area contributed by atoms with Gasteiger partial charge in [-0.3, -0.25) is 9.59 Å². The SMILES string of the molecule is CCCC1C(=O)NC2(CCCC2)C(=O)N1C/C=C/Cl. The smallest absolute Gasteiger partial charge is 0.249 e. The van der Waals surface area contributed by atoms with Gasteiger partial charge in [-0.1, -0.05) is 43.9 Å². The van der Waals surface area contributed by atoms with Gasteiger partial charge in [0.15, 0.2) is 0 Å². The summed E-state index contributed by atoms with van der Waals surface area (Å²) in [6.45, 7) is 2.44. The van der Waals surface area contributed by atoms with Gasteiger partial charge in [0.25, 0.3) is 0 Å². The molecule has 2 aliphatic rings. The average Bonchev–Trinajstić information content (AvgIpc) is 2.85. The monoisotopic (exact) mass is 284 g/mol. The largest absolute Gasteiger partial charge is 0.340 e. The molecule has 2 rings (SSSR count). The second kappa shape index (κ2) is 5.95. The minimum atomic E-state index is -0.637. The third-order valence-corrected chi connectivity index (χ3v) is 4.30. The Morgan fingerprint density at radius 3 is 2.68 bits per heavy atom. The number of hydrogen-bond acceptors (Lipinski definition) is 2. The first-order chi connectivity index (χ1) is 9.14. The van der Waals surface area contributed by atoms with Crippen molar-refractivity contribution in [3.8, 4) is 0 Å². The molecule has 1 saturated carbocycles. The summed E-state index contributed by atoms with van der Waals surface area (Å²) in [6.07, 6.45) is 6.83. The molecule has 1 heterocycles. The number of carbonyl (C=O) groups excluding carboxylic acids is 2. The van der Waals surface area contributed by atoms with Crippen LogP contribution in [-0.4, -0.2) is 34.8 Å². The summed E-state index contributed by atoms with van der Waals surface area (Å²) >= 11 is 5.56. The summed E-state index contributed by atoms with van der Waals surface area (Å²) in [5, 5.41) is 3.00. The number of piperazine rings is 1. The molecule has 2 fully saturated rings. The van der Waals surface area contributed by atoms with Gasteiger partial charge in [-0.25, -0.2) is 0 Å². The van der Waals surface area contributed by atoms with Crippen LogP contribution in [-0.2, 0) is 9.59 Å². The van der Waals surface area contributed by atoms with Gasteiger partial charge in [-0.15, -0.1) is 0 Å². The molecule has 0 aromatic heterocycles. The fourth-order valence-electron chi connectivity index (χ4n) is 3.17. The molecule has 0 aromatic rings. The van der Waals surface area contributed by atoms with Gasteiger partial charge >= 0.3 is 0 Å². The molecule has 1 N–H and O–H groups in total. The van der Waals surface area contributed by atoms with E-state index < -0.39 is 5.54 Å². The number of amides is 2. The van der Waals surface area contributed by atoms with Crippen LogP contribution in [0.3, 0.4) is 0 Å². The van der Waals surface area contributed by atoms with Gasteiger partial charge in [0.05, 0.1) is 0 Å². The Balaban J connectivity index is 2.24. The lowest BCUT2D eigenvalue weighted by atomic mass is 9.89. The summed E-state index contributed by atoms with van der Waals surface area (Å²) in [6, 6.07) is -0.350. The first kappa shape index (κ1) is 14.4. The number of carbonyl (C=O) groups is 2. The van der Waals surface area contributed by atoms with Gasteiger partial charge in [0, 0.05) is 12.1 Å². The Labute approximate surface area is 119 Å². The molecule has 0 aromatic carbocycles. The van der Waals surface area contributed by atoms with Gasteiger partial charge < -0.3 is 10.2 Å². The lowest BCUT2D eigenvalue weighted by Crippen LogP contribution is -2.69. The van der Waals surface area contributed by atoms with Gasteiger partial charge in [-0.2, -0.15) is 0 Å². The van der Waals surface area contributed by atoms with Gasteiger partial charge in [0.1, 0.15) is 11.6 Å². The molecule has 1 spiro atoms. The molecule has 1 unspecified atom stereocenters. The molecule has 1 atom stereocenters. The van der Waals surface area contributed by atoms with E-state index in [-0.39, 0.29) is 17.9 Å². The molecule has 0 radical (unpaired) electrons. The normalized spacial score (nSPS) is 26.4. The highest BCUT2D eigenvalue weighted by Crippen LogP contribution is 2.35. The standard InChI is InChI=1S/C14H21ClN2O2/c1-2-6-11-12(18)16-14(7-3-4-8-14)13(19)17(11)10-5-9-15/h5,9,11H,2-4,6-8,10H2,1H3,(H,16,18)/b9-5+. The Kier molecular flexibility index (Phi) is 4.50. The van der Waals surface area contributed by atoms with E-state index in [1.807, 2.05) is 6.92 Å². The number of hydrogen-bond donors (Lipinski definition) is 1. The number of nitrogens with zero attached hydrogens (tertiary/aromatic N) is 1. The van der Waals surface area contributed by atoms with Gasteiger partial charge in [-0.05, 0) is 19.3 Å². The van der Waals surface area contributed by atoms with Crippen molar-refractivity contribution in [2.75, 3.05) is 6.54 Å². The zero-order valence-electron chi connectivity index (χ0n) is 11.3. The highest BCUT2D eigenvalue weighted by Gasteiger charge is 2.51. The fraction of sp³-hybridized carbons (Fsp3) is 0.714. The molecule has 1 aliphatic heterocycles. The van der Waals surface area contributed by atoms with Crippen molar-refractivity contribution in [2.45, 2.75) is 57.0 Å². The van der Waals surface area contributed by atoms with E-state index in [9.17, 15) is 9.59 Å². The number of halogens is 1. The van der Waals surface area contributed by atoms with E-state index in [0.29, 0.717) is 13.0 Å². The Hall–Kier alpha value is -1.03. The molecule has 2 amide bonds. The van der Waals surface area contributed by atoms with Crippen LogP contribution in [0.15, 0.2) is 11.6 Å². The molecule has 4 nitrogen and oxygen atoms in total. The van der Waals surface area contributed by atoms with Gasteiger partial charge in [0.2, 0.25) is 11.8 Å². The Morgan fingerprint density at radius 1 is 1.42 bits per heavy atom. The van der Waals surface area contributed by atoms with E-state index >= 15 is 0 Å². The first-order valence-corrected chi connectivity index (χ1v) is 7.46. The van der Waals surface area contributed by atoms with Crippen LogP contribution in [0.2, 0.25) is 0 Å². The van der Waals surface area contributed by atoms with Crippen LogP contribution >= 0.6 is 11.6 Å². The maximum atomic E-state index is 12.7. The molecular weight excluding hydrogens is 264 g/mol. The summed E-state index contributed by atoms with van der Waals surface area (Å²) in [7, 11) is 0. The lowest BCUT2D eigenvalue weighted by Gasteiger charge is -2.44. The van der Waals surface area contributed by atoms with E-state index in [2.05, 4.69) is 5.32 Å². The first-order valence-electron chi connectivity index (χ1n) is 7.03. The summed E-state index contributed by atoms with van der Waals surface area (Å²) in [5.74, 6) is 0.0594. The molecule has 106 valence electrons. The van der Waals surface area contributed by atoms with Crippen molar-refractivity contribution in [3.05, 3.63) is 11.6 Å². The summed E-state index contributed by atoms with van der Waals surface area (Å²) in [4.78, 5) is 26.7. The zero-order chi connectivity index (χ0) is 13.9. The van der Waals surface area contributed by atoms with Crippen molar-refractivity contribution >= 4 is 23.4 Å². The van der Waals surface area contributed by atoms with Crippen LogP contribution < -0.4 is 5.32 Å². The maximum absolute atomic E-state index is 12.7. The van der Waals surface area contributed by atoms with Crippen molar-refractivity contribution < 1.29 is 9.59 Å². The number of rotatable bonds is 4. The average molecular weight is 285 g/mol. The van der Waals surface area contributed by atoms with Crippen molar-refractivity contribution in [2.24, 2.45) is 0 Å². The van der Waals surface area contributed by atoms with Crippen LogP contribution in [0.4, 0.5) is 0 Å². The fourth-order valence-corrected chi connectivity index (χ4v) is 3.25. The van der Waals surface area contributed by atoms with E-state index in [4.69, 9.17) is 11.6 Å². The molecule has 19 heavy (non-hydrogen) atoms. The zero-order valence-corrected chi connectivity index (χ0v) is 12.1. The molecular formula is C14H21ClN2O2. The van der Waals surface area contributed by atoms with Crippen LogP contribution in [0.1, 0.15) is 45.4 Å². The van der Waals surface area contributed by atoms with Crippen molar-refractivity contribution in [1.29, 1.82) is 0 Å². The van der Waals surface area contributed by atoms with Crippen LogP contribution in [0.5, 0.6) is 0 Å². The van der Waals surface area contributed by atoms with E-state index in [1.54, 1.807) is 11.0 Å². The lowest BCUT2D eigenvalue weighted by molar-refractivity contribution is -0.154. The van der Waals surface area contributed by atoms with Crippen LogP contribution in [0.25, 0.3) is 0 Å².